The molecule has 0 amide bonds. The third-order valence-corrected chi connectivity index (χ3v) is 9.61. The maximum atomic E-state index is 14.0. The number of hydrogen-bond acceptors (Lipinski definition) is 8. The van der Waals surface area contributed by atoms with Crippen LogP contribution in [0.25, 0.3) is 0 Å². The van der Waals surface area contributed by atoms with E-state index in [1.807, 2.05) is 13.8 Å². The Morgan fingerprint density at radius 2 is 1.97 bits per heavy atom. The summed E-state index contributed by atoms with van der Waals surface area (Å²) in [6.45, 7) is 5.62. The van der Waals surface area contributed by atoms with Crippen LogP contribution in [-0.2, 0) is 23.8 Å². The zero-order valence-corrected chi connectivity index (χ0v) is 18.7. The van der Waals surface area contributed by atoms with Crippen LogP contribution in [0.15, 0.2) is 0 Å². The van der Waals surface area contributed by atoms with Gasteiger partial charge in [0.2, 0.25) is 5.79 Å². The molecule has 2 heterocycles. The highest BCUT2D eigenvalue weighted by Gasteiger charge is 2.86. The highest BCUT2D eigenvalue weighted by atomic mass is 16.6. The molecule has 6 fully saturated rings. The zero-order valence-electron chi connectivity index (χ0n) is 18.7. The van der Waals surface area contributed by atoms with Crippen molar-refractivity contribution in [1.82, 2.24) is 0 Å². The monoisotopic (exact) mass is 438 g/mol. The molecule has 8 nitrogen and oxygen atoms in total. The van der Waals surface area contributed by atoms with Crippen LogP contribution in [0.3, 0.4) is 0 Å². The number of ketones is 1. The first-order valence-electron chi connectivity index (χ1n) is 11.4. The molecule has 0 aromatic carbocycles. The first kappa shape index (κ1) is 21.8. The summed E-state index contributed by atoms with van der Waals surface area (Å²) in [5, 5.41) is 35.0. The number of aliphatic hydroxyl groups is 3. The molecule has 6 rings (SSSR count). The predicted octanol–water partition coefficient (Wildman–Crippen LogP) is 0.653. The molecule has 3 N–H and O–H groups in total. The van der Waals surface area contributed by atoms with Gasteiger partial charge in [-0.15, -0.1) is 0 Å². The van der Waals surface area contributed by atoms with Gasteiger partial charge in [-0.1, -0.05) is 13.8 Å². The van der Waals surface area contributed by atoms with Crippen LogP contribution >= 0.6 is 0 Å². The Kier molecular flexibility index (Phi) is 4.57. The number of carbonyl (C=O) groups is 2. The Morgan fingerprint density at radius 1 is 1.26 bits per heavy atom. The third-order valence-electron chi connectivity index (χ3n) is 9.61. The van der Waals surface area contributed by atoms with Crippen molar-refractivity contribution < 1.29 is 39.1 Å². The number of ether oxygens (including phenoxy) is 3. The van der Waals surface area contributed by atoms with Gasteiger partial charge in [0.05, 0.1) is 24.7 Å². The maximum Gasteiger partial charge on any atom is 0.302 e. The standard InChI is InChI=1S/C23H34O8/c1-11(24)31-14-7-12-8-22(18(26)13(12)9-29-4)16(14)21-10-30-23(22,28)19(27)17(21)20(2,3)6-5-15(21)25/h12-17,19,25,27-28H,5-10H2,1-4H3/t12-,13-,14+,15+,16-,17-,19+,21-,22+,23-/m1/s1. The van der Waals surface area contributed by atoms with Gasteiger partial charge in [-0.25, -0.2) is 0 Å². The predicted molar refractivity (Wildman–Crippen MR) is 106 cm³/mol. The summed E-state index contributed by atoms with van der Waals surface area (Å²) in [7, 11) is 1.53. The maximum absolute atomic E-state index is 14.0. The average molecular weight is 439 g/mol. The van der Waals surface area contributed by atoms with Crippen LogP contribution in [0.2, 0.25) is 0 Å². The van der Waals surface area contributed by atoms with Crippen molar-refractivity contribution >= 4 is 11.8 Å². The highest BCUT2D eigenvalue weighted by molar-refractivity contribution is 5.92. The van der Waals surface area contributed by atoms with Crippen molar-refractivity contribution in [2.75, 3.05) is 20.3 Å². The second-order valence-electron chi connectivity index (χ2n) is 11.3. The number of hydrogen-bond donors (Lipinski definition) is 3. The van der Waals surface area contributed by atoms with Crippen LogP contribution < -0.4 is 0 Å². The number of methoxy groups -OCH3 is 1. The lowest BCUT2D eigenvalue weighted by atomic mass is 9.35. The lowest BCUT2D eigenvalue weighted by Crippen LogP contribution is -2.85. The summed E-state index contributed by atoms with van der Waals surface area (Å²) in [6, 6.07) is 0. The summed E-state index contributed by atoms with van der Waals surface area (Å²) in [5.74, 6) is -4.50. The minimum absolute atomic E-state index is 0.0207. The fraction of sp³-hybridized carbons (Fsp3) is 0.913. The average Bonchev–Trinajstić information content (AvgIpc) is 2.89. The van der Waals surface area contributed by atoms with Crippen molar-refractivity contribution in [3.8, 4) is 0 Å². The molecule has 4 saturated carbocycles. The highest BCUT2D eigenvalue weighted by Crippen LogP contribution is 2.76. The number of Topliss-reactive ketones (excluding diaryl/α,β-unsaturated/α-hetero) is 1. The molecule has 0 aromatic rings. The van der Waals surface area contributed by atoms with Gasteiger partial charge in [0, 0.05) is 37.2 Å². The molecule has 0 radical (unpaired) electrons. The molecule has 0 aromatic heterocycles. The molecule has 0 unspecified atom stereocenters. The van der Waals surface area contributed by atoms with Crippen molar-refractivity contribution in [2.24, 2.45) is 39.9 Å². The minimum Gasteiger partial charge on any atom is -0.462 e. The molecule has 174 valence electrons. The molecule has 4 bridgehead atoms. The number of fused-ring (bicyclic) bond motifs is 2. The topological polar surface area (TPSA) is 123 Å². The van der Waals surface area contributed by atoms with Crippen LogP contribution in [-0.4, -0.2) is 71.5 Å². The van der Waals surface area contributed by atoms with Crippen LogP contribution in [0, 0.1) is 39.9 Å². The Balaban J connectivity index is 1.76. The van der Waals surface area contributed by atoms with E-state index in [4.69, 9.17) is 14.2 Å². The van der Waals surface area contributed by atoms with Gasteiger partial charge in [0.15, 0.2) is 5.78 Å². The molecular formula is C23H34O8. The van der Waals surface area contributed by atoms with E-state index < -0.39 is 64.1 Å². The van der Waals surface area contributed by atoms with E-state index in [1.54, 1.807) is 0 Å². The molecule has 2 spiro atoms. The lowest BCUT2D eigenvalue weighted by molar-refractivity contribution is -0.455. The van der Waals surface area contributed by atoms with Crippen molar-refractivity contribution in [1.29, 1.82) is 0 Å². The van der Waals surface area contributed by atoms with Crippen molar-refractivity contribution in [3.05, 3.63) is 0 Å². The van der Waals surface area contributed by atoms with Gasteiger partial charge in [-0.05, 0) is 37.0 Å². The summed E-state index contributed by atoms with van der Waals surface area (Å²) >= 11 is 0. The van der Waals surface area contributed by atoms with E-state index in [2.05, 4.69) is 0 Å². The van der Waals surface area contributed by atoms with Gasteiger partial charge < -0.3 is 29.5 Å². The normalized spacial score (nSPS) is 54.3. The summed E-state index contributed by atoms with van der Waals surface area (Å²) in [4.78, 5) is 26.1. The van der Waals surface area contributed by atoms with Gasteiger partial charge in [-0.3, -0.25) is 9.59 Å². The molecular weight excluding hydrogens is 404 g/mol. The first-order chi connectivity index (χ1) is 14.5. The lowest BCUT2D eigenvalue weighted by Gasteiger charge is -2.74. The second kappa shape index (κ2) is 6.50. The fourth-order valence-electron chi connectivity index (χ4n) is 8.76. The van der Waals surface area contributed by atoms with E-state index in [1.165, 1.54) is 14.0 Å². The number of carbonyl (C=O) groups excluding carboxylic acids is 2. The summed E-state index contributed by atoms with van der Waals surface area (Å²) in [5.41, 5.74) is -2.83. The third kappa shape index (κ3) is 2.33. The van der Waals surface area contributed by atoms with E-state index in [0.717, 1.165) is 0 Å². The van der Waals surface area contributed by atoms with E-state index in [9.17, 15) is 24.9 Å². The fourth-order valence-corrected chi connectivity index (χ4v) is 8.76. The second-order valence-corrected chi connectivity index (χ2v) is 11.3. The smallest absolute Gasteiger partial charge is 0.302 e. The van der Waals surface area contributed by atoms with Crippen molar-refractivity contribution in [3.63, 3.8) is 0 Å². The Bertz CT molecular complexity index is 811. The van der Waals surface area contributed by atoms with Crippen molar-refractivity contribution in [2.45, 2.75) is 70.6 Å². The van der Waals surface area contributed by atoms with Gasteiger partial charge in [0.1, 0.15) is 12.2 Å². The molecule has 4 aliphatic carbocycles. The van der Waals surface area contributed by atoms with E-state index in [-0.39, 0.29) is 24.9 Å². The van der Waals surface area contributed by atoms with Crippen LogP contribution in [0.5, 0.6) is 0 Å². The Morgan fingerprint density at radius 3 is 2.61 bits per heavy atom. The summed E-state index contributed by atoms with van der Waals surface area (Å²) in [6.07, 6.45) is -0.835. The Hall–Kier alpha value is -1.06. The molecule has 8 heteroatoms. The largest absolute Gasteiger partial charge is 0.462 e. The van der Waals surface area contributed by atoms with Crippen LogP contribution in [0.1, 0.15) is 46.5 Å². The molecule has 2 saturated heterocycles. The molecule has 31 heavy (non-hydrogen) atoms. The minimum atomic E-state index is -2.09. The molecule has 6 aliphatic rings. The zero-order chi connectivity index (χ0) is 22.6. The first-order valence-corrected chi connectivity index (χ1v) is 11.4. The van der Waals surface area contributed by atoms with E-state index in [0.29, 0.717) is 25.7 Å². The summed E-state index contributed by atoms with van der Waals surface area (Å²) < 4.78 is 17.1. The SMILES string of the molecule is COC[C@H]1C(=O)[C@]23C[C@H]1C[C@H](OC(C)=O)[C@@H]2[C@]12CO[C@]3(O)[C@@H](O)[C@@H]1C(C)(C)CC[C@@H]2O. The quantitative estimate of drug-likeness (QED) is 0.549. The number of rotatable bonds is 3. The van der Waals surface area contributed by atoms with Gasteiger partial charge in [0.25, 0.3) is 0 Å². The number of esters is 1. The van der Waals surface area contributed by atoms with Crippen LogP contribution in [0.4, 0.5) is 0 Å². The molecule has 10 atom stereocenters. The van der Waals surface area contributed by atoms with Gasteiger partial charge >= 0.3 is 5.97 Å². The van der Waals surface area contributed by atoms with Gasteiger partial charge in [-0.2, -0.15) is 0 Å². The van der Waals surface area contributed by atoms with E-state index >= 15 is 0 Å². The molecule has 2 aliphatic heterocycles. The number of aliphatic hydroxyl groups excluding tert-OH is 2. The Labute approximate surface area is 182 Å².